The van der Waals surface area contributed by atoms with Crippen molar-refractivity contribution in [3.8, 4) is 5.75 Å². The van der Waals surface area contributed by atoms with Crippen LogP contribution in [0.4, 0.5) is 16.3 Å². The molecule has 5 rings (SSSR count). The number of H-pyrrole nitrogens is 1. The molecule has 3 heterocycles. The lowest BCUT2D eigenvalue weighted by Crippen LogP contribution is -2.23. The summed E-state index contributed by atoms with van der Waals surface area (Å²) in [5.74, 6) is 1.37. The first-order valence-electron chi connectivity index (χ1n) is 9.05. The molecule has 0 radical (unpaired) electrons. The van der Waals surface area contributed by atoms with Gasteiger partial charge in [-0.25, -0.2) is 14.8 Å². The number of aromatic nitrogens is 4. The van der Waals surface area contributed by atoms with E-state index in [4.69, 9.17) is 14.6 Å². The normalized spacial score (nSPS) is 16.0. The number of ether oxygens (including phenoxy) is 2. The SMILES string of the molecule is COc1cc2[nH]ncc2cc1Nc1ncnc2sc3c(c12)CCC(OC(=O)O)C3. The third kappa shape index (κ3) is 3.11. The number of carbonyl (C=O) groups is 1. The number of anilines is 2. The van der Waals surface area contributed by atoms with Gasteiger partial charge < -0.3 is 19.9 Å². The Morgan fingerprint density at radius 1 is 1.38 bits per heavy atom. The summed E-state index contributed by atoms with van der Waals surface area (Å²) in [6.45, 7) is 0. The Morgan fingerprint density at radius 2 is 2.28 bits per heavy atom. The fourth-order valence-corrected chi connectivity index (χ4v) is 5.04. The minimum atomic E-state index is -1.23. The van der Waals surface area contributed by atoms with Crippen LogP contribution in [0.5, 0.6) is 5.75 Å². The Balaban J connectivity index is 1.55. The Kier molecular flexibility index (Phi) is 4.20. The Labute approximate surface area is 168 Å². The minimum Gasteiger partial charge on any atom is -0.494 e. The van der Waals surface area contributed by atoms with E-state index >= 15 is 0 Å². The molecule has 0 spiro atoms. The number of methoxy groups -OCH3 is 1. The summed E-state index contributed by atoms with van der Waals surface area (Å²) >= 11 is 1.56. The van der Waals surface area contributed by atoms with E-state index in [1.807, 2.05) is 12.1 Å². The third-order valence-corrected chi connectivity index (χ3v) is 6.24. The topological polar surface area (TPSA) is 122 Å². The van der Waals surface area contributed by atoms with E-state index in [0.29, 0.717) is 30.8 Å². The maximum atomic E-state index is 10.9. The molecular formula is C19H17N5O4S. The highest BCUT2D eigenvalue weighted by molar-refractivity contribution is 7.19. The molecule has 0 saturated heterocycles. The smallest absolute Gasteiger partial charge is 0.494 e. The molecule has 1 atom stereocenters. The van der Waals surface area contributed by atoms with Crippen molar-refractivity contribution in [1.29, 1.82) is 0 Å². The first-order chi connectivity index (χ1) is 14.1. The first-order valence-corrected chi connectivity index (χ1v) is 9.87. The number of carboxylic acid groups (broad SMARTS) is 1. The zero-order valence-electron chi connectivity index (χ0n) is 15.4. The number of nitrogens with one attached hydrogen (secondary N) is 2. The molecule has 3 N–H and O–H groups in total. The zero-order valence-corrected chi connectivity index (χ0v) is 16.2. The van der Waals surface area contributed by atoms with Gasteiger partial charge in [0.2, 0.25) is 0 Å². The highest BCUT2D eigenvalue weighted by Gasteiger charge is 2.27. The van der Waals surface area contributed by atoms with Crippen LogP contribution in [0.2, 0.25) is 0 Å². The van der Waals surface area contributed by atoms with Gasteiger partial charge in [-0.15, -0.1) is 11.3 Å². The van der Waals surface area contributed by atoms with Gasteiger partial charge >= 0.3 is 6.16 Å². The van der Waals surface area contributed by atoms with Gasteiger partial charge in [-0.2, -0.15) is 5.10 Å². The summed E-state index contributed by atoms with van der Waals surface area (Å²) in [6, 6.07) is 3.85. The van der Waals surface area contributed by atoms with Gasteiger partial charge in [0.15, 0.2) is 0 Å². The molecule has 29 heavy (non-hydrogen) atoms. The fourth-order valence-electron chi connectivity index (χ4n) is 3.78. The van der Waals surface area contributed by atoms with E-state index < -0.39 is 6.16 Å². The lowest BCUT2D eigenvalue weighted by molar-refractivity contribution is 0.0467. The molecule has 4 aromatic rings. The minimum absolute atomic E-state index is 0.318. The van der Waals surface area contributed by atoms with Crippen molar-refractivity contribution in [2.45, 2.75) is 25.4 Å². The highest BCUT2D eigenvalue weighted by atomic mass is 32.1. The quantitative estimate of drug-likeness (QED) is 0.433. The summed E-state index contributed by atoms with van der Waals surface area (Å²) < 4.78 is 10.5. The second-order valence-electron chi connectivity index (χ2n) is 6.79. The average Bonchev–Trinajstić information content (AvgIpc) is 3.30. The molecule has 0 amide bonds. The van der Waals surface area contributed by atoms with E-state index in [1.54, 1.807) is 24.6 Å². The number of hydrogen-bond acceptors (Lipinski definition) is 8. The molecule has 0 saturated carbocycles. The summed E-state index contributed by atoms with van der Waals surface area (Å²) in [5, 5.41) is 21.2. The van der Waals surface area contributed by atoms with E-state index in [1.165, 1.54) is 6.33 Å². The van der Waals surface area contributed by atoms with Gasteiger partial charge in [-0.05, 0) is 24.5 Å². The van der Waals surface area contributed by atoms with Crippen molar-refractivity contribution in [1.82, 2.24) is 20.2 Å². The fraction of sp³-hybridized carbons (Fsp3) is 0.263. The summed E-state index contributed by atoms with van der Waals surface area (Å²) in [4.78, 5) is 21.7. The largest absolute Gasteiger partial charge is 0.506 e. The van der Waals surface area contributed by atoms with Crippen molar-refractivity contribution in [2.24, 2.45) is 0 Å². The number of benzene rings is 1. The van der Waals surface area contributed by atoms with Gasteiger partial charge in [-0.1, -0.05) is 0 Å². The van der Waals surface area contributed by atoms with Crippen LogP contribution < -0.4 is 10.1 Å². The first kappa shape index (κ1) is 17.7. The summed E-state index contributed by atoms with van der Waals surface area (Å²) in [5.41, 5.74) is 2.82. The Hall–Kier alpha value is -3.40. The monoisotopic (exact) mass is 411 g/mol. The number of aromatic amines is 1. The van der Waals surface area contributed by atoms with Crippen molar-refractivity contribution < 1.29 is 19.4 Å². The van der Waals surface area contributed by atoms with Crippen LogP contribution in [0.25, 0.3) is 21.1 Å². The van der Waals surface area contributed by atoms with E-state index in [2.05, 4.69) is 25.5 Å². The highest BCUT2D eigenvalue weighted by Crippen LogP contribution is 2.40. The van der Waals surface area contributed by atoms with Crippen molar-refractivity contribution in [2.75, 3.05) is 12.4 Å². The predicted octanol–water partition coefficient (Wildman–Crippen LogP) is 3.87. The molecule has 9 nitrogen and oxygen atoms in total. The van der Waals surface area contributed by atoms with Crippen molar-refractivity contribution in [3.05, 3.63) is 35.1 Å². The molecule has 0 aliphatic heterocycles. The van der Waals surface area contributed by atoms with Gasteiger partial charge in [-0.3, -0.25) is 5.10 Å². The van der Waals surface area contributed by atoms with Gasteiger partial charge in [0.1, 0.15) is 28.8 Å². The summed E-state index contributed by atoms with van der Waals surface area (Å²) in [6.07, 6.45) is 3.65. The van der Waals surface area contributed by atoms with E-state index in [0.717, 1.165) is 37.2 Å². The van der Waals surface area contributed by atoms with E-state index in [9.17, 15) is 4.79 Å². The van der Waals surface area contributed by atoms with Crippen LogP contribution in [0.1, 0.15) is 16.9 Å². The molecule has 1 unspecified atom stereocenters. The van der Waals surface area contributed by atoms with Crippen LogP contribution >= 0.6 is 11.3 Å². The van der Waals surface area contributed by atoms with Crippen LogP contribution in [0, 0.1) is 0 Å². The lowest BCUT2D eigenvalue weighted by Gasteiger charge is -2.21. The third-order valence-electron chi connectivity index (χ3n) is 5.08. The molecule has 0 fully saturated rings. The molecule has 1 aliphatic carbocycles. The standard InChI is InChI=1S/C19H17N5O4S/c1-27-14-6-12-9(7-22-24-12)4-13(14)23-17-16-11-3-2-10(28-19(25)26)5-15(11)29-18(16)21-8-20-17/h4,6-8,10H,2-3,5H2,1H3,(H,22,24)(H,25,26)(H,20,21,23). The Morgan fingerprint density at radius 3 is 3.10 bits per heavy atom. The van der Waals surface area contributed by atoms with Crippen LogP contribution in [0.15, 0.2) is 24.7 Å². The van der Waals surface area contributed by atoms with Crippen LogP contribution in [0.3, 0.4) is 0 Å². The Bertz CT molecular complexity index is 1230. The summed E-state index contributed by atoms with van der Waals surface area (Å²) in [7, 11) is 1.62. The second-order valence-corrected chi connectivity index (χ2v) is 7.87. The van der Waals surface area contributed by atoms with Crippen LogP contribution in [-0.4, -0.2) is 44.6 Å². The van der Waals surface area contributed by atoms with Crippen LogP contribution in [-0.2, 0) is 17.6 Å². The van der Waals surface area contributed by atoms with Crippen molar-refractivity contribution in [3.63, 3.8) is 0 Å². The molecule has 148 valence electrons. The second kappa shape index (κ2) is 6.89. The number of rotatable bonds is 4. The lowest BCUT2D eigenvalue weighted by atomic mass is 9.94. The molecule has 3 aromatic heterocycles. The van der Waals surface area contributed by atoms with Gasteiger partial charge in [0, 0.05) is 22.8 Å². The van der Waals surface area contributed by atoms with Gasteiger partial charge in [0.05, 0.1) is 29.9 Å². The molecular weight excluding hydrogens is 394 g/mol. The number of aryl methyl sites for hydroxylation is 1. The number of hydrogen-bond donors (Lipinski definition) is 3. The molecule has 1 aliphatic rings. The molecule has 0 bridgehead atoms. The van der Waals surface area contributed by atoms with Gasteiger partial charge in [0.25, 0.3) is 0 Å². The predicted molar refractivity (Wildman–Crippen MR) is 108 cm³/mol. The maximum Gasteiger partial charge on any atom is 0.506 e. The number of fused-ring (bicyclic) bond motifs is 4. The van der Waals surface area contributed by atoms with E-state index in [-0.39, 0.29) is 6.10 Å². The number of nitrogens with zero attached hydrogens (tertiary/aromatic N) is 3. The maximum absolute atomic E-state index is 10.9. The average molecular weight is 411 g/mol. The zero-order chi connectivity index (χ0) is 20.0. The molecule has 10 heteroatoms. The molecule has 1 aromatic carbocycles. The van der Waals surface area contributed by atoms with Crippen molar-refractivity contribution >= 4 is 50.1 Å². The number of thiophene rings is 1.